The first-order valence-corrected chi connectivity index (χ1v) is 7.07. The molecule has 0 fully saturated rings. The molecule has 0 amide bonds. The van der Waals surface area contributed by atoms with Crippen LogP contribution in [0.5, 0.6) is 0 Å². The average molecular weight is 312 g/mol. The summed E-state index contributed by atoms with van der Waals surface area (Å²) in [4.78, 5) is 5.37. The maximum Gasteiger partial charge on any atom is 0.0752 e. The largest absolute Gasteiger partial charge is 0.396 e. The topological polar surface area (TPSA) is 50.9 Å². The van der Waals surface area contributed by atoms with Gasteiger partial charge in [0.05, 0.1) is 22.0 Å². The molecule has 0 saturated heterocycles. The standard InChI is InChI=1S/C12H14BrN3S/c1-2-8-3-4-17-11(8)7-16-12-9(13)5-15-6-10(12)14/h3-6H,2,7,14H2,1H3,(H,15,16). The predicted octanol–water partition coefficient (Wildman–Crippen LogP) is 3.66. The van der Waals surface area contributed by atoms with Crippen LogP contribution in [0.2, 0.25) is 0 Å². The summed E-state index contributed by atoms with van der Waals surface area (Å²) in [7, 11) is 0. The number of halogens is 1. The Kier molecular flexibility index (Phi) is 4.02. The van der Waals surface area contributed by atoms with Gasteiger partial charge in [0.25, 0.3) is 0 Å². The Hall–Kier alpha value is -1.07. The van der Waals surface area contributed by atoms with Gasteiger partial charge in [0.2, 0.25) is 0 Å². The van der Waals surface area contributed by atoms with Gasteiger partial charge >= 0.3 is 0 Å². The quantitative estimate of drug-likeness (QED) is 0.906. The van der Waals surface area contributed by atoms with Crippen molar-refractivity contribution < 1.29 is 0 Å². The Bertz CT molecular complexity index is 490. The van der Waals surface area contributed by atoms with Gasteiger partial charge in [-0.1, -0.05) is 6.92 Å². The number of pyridine rings is 1. The molecule has 0 aliphatic carbocycles. The van der Waals surface area contributed by atoms with Crippen molar-refractivity contribution in [3.63, 3.8) is 0 Å². The number of thiophene rings is 1. The lowest BCUT2D eigenvalue weighted by molar-refractivity contribution is 1.08. The average Bonchev–Trinajstić information content (AvgIpc) is 2.76. The van der Waals surface area contributed by atoms with Crippen molar-refractivity contribution in [1.82, 2.24) is 4.98 Å². The lowest BCUT2D eigenvalue weighted by Gasteiger charge is -2.10. The summed E-state index contributed by atoms with van der Waals surface area (Å²) >= 11 is 5.22. The van der Waals surface area contributed by atoms with Crippen LogP contribution in [0.15, 0.2) is 28.3 Å². The number of rotatable bonds is 4. The highest BCUT2D eigenvalue weighted by Crippen LogP contribution is 2.28. The summed E-state index contributed by atoms with van der Waals surface area (Å²) in [6, 6.07) is 2.17. The summed E-state index contributed by atoms with van der Waals surface area (Å²) in [6.07, 6.45) is 4.46. The van der Waals surface area contributed by atoms with Crippen molar-refractivity contribution in [2.75, 3.05) is 11.1 Å². The van der Waals surface area contributed by atoms with Crippen molar-refractivity contribution in [3.8, 4) is 0 Å². The Morgan fingerprint density at radius 1 is 1.47 bits per heavy atom. The number of hydrogen-bond acceptors (Lipinski definition) is 4. The van der Waals surface area contributed by atoms with E-state index in [2.05, 4.69) is 44.6 Å². The van der Waals surface area contributed by atoms with Crippen molar-refractivity contribution in [1.29, 1.82) is 0 Å². The van der Waals surface area contributed by atoms with Crippen molar-refractivity contribution in [2.24, 2.45) is 0 Å². The second-order valence-corrected chi connectivity index (χ2v) is 5.52. The van der Waals surface area contributed by atoms with Gasteiger partial charge in [0.15, 0.2) is 0 Å². The van der Waals surface area contributed by atoms with Crippen LogP contribution in [0.3, 0.4) is 0 Å². The molecule has 2 aromatic heterocycles. The van der Waals surface area contributed by atoms with Gasteiger partial charge in [-0.25, -0.2) is 0 Å². The van der Waals surface area contributed by atoms with Crippen LogP contribution in [0, 0.1) is 0 Å². The highest BCUT2D eigenvalue weighted by atomic mass is 79.9. The molecule has 90 valence electrons. The number of aromatic nitrogens is 1. The highest BCUT2D eigenvalue weighted by molar-refractivity contribution is 9.10. The molecule has 3 nitrogen and oxygen atoms in total. The Balaban J connectivity index is 2.13. The maximum absolute atomic E-state index is 5.88. The molecule has 0 aliphatic heterocycles. The summed E-state index contributed by atoms with van der Waals surface area (Å²) in [5, 5.41) is 5.48. The second-order valence-electron chi connectivity index (χ2n) is 3.66. The fraction of sp³-hybridized carbons (Fsp3) is 0.250. The van der Waals surface area contributed by atoms with Gasteiger partial charge in [-0.2, -0.15) is 0 Å². The number of nitrogens with zero attached hydrogens (tertiary/aromatic N) is 1. The molecule has 0 aromatic carbocycles. The van der Waals surface area contributed by atoms with E-state index in [4.69, 9.17) is 5.73 Å². The molecule has 0 radical (unpaired) electrons. The van der Waals surface area contributed by atoms with E-state index in [1.165, 1.54) is 10.4 Å². The molecular formula is C12H14BrN3S. The van der Waals surface area contributed by atoms with E-state index >= 15 is 0 Å². The van der Waals surface area contributed by atoms with E-state index in [0.29, 0.717) is 5.69 Å². The van der Waals surface area contributed by atoms with Gasteiger partial charge < -0.3 is 11.1 Å². The number of aryl methyl sites for hydroxylation is 1. The molecule has 0 spiro atoms. The van der Waals surface area contributed by atoms with Crippen LogP contribution in [0.1, 0.15) is 17.4 Å². The molecular weight excluding hydrogens is 298 g/mol. The summed E-state index contributed by atoms with van der Waals surface area (Å²) < 4.78 is 0.895. The van der Waals surface area contributed by atoms with Crippen molar-refractivity contribution >= 4 is 38.6 Å². The van der Waals surface area contributed by atoms with Crippen LogP contribution < -0.4 is 11.1 Å². The fourth-order valence-corrected chi connectivity index (χ4v) is 3.05. The molecule has 0 atom stereocenters. The minimum Gasteiger partial charge on any atom is -0.396 e. The van der Waals surface area contributed by atoms with E-state index < -0.39 is 0 Å². The van der Waals surface area contributed by atoms with Gasteiger partial charge in [-0.3, -0.25) is 4.98 Å². The molecule has 17 heavy (non-hydrogen) atoms. The SMILES string of the molecule is CCc1ccsc1CNc1c(N)cncc1Br. The molecule has 0 aliphatic rings. The van der Waals surface area contributed by atoms with E-state index in [9.17, 15) is 0 Å². The lowest BCUT2D eigenvalue weighted by Crippen LogP contribution is -2.04. The number of hydrogen-bond donors (Lipinski definition) is 2. The van der Waals surface area contributed by atoms with E-state index in [-0.39, 0.29) is 0 Å². The Morgan fingerprint density at radius 3 is 3.00 bits per heavy atom. The van der Waals surface area contributed by atoms with Crippen LogP contribution in [-0.2, 0) is 13.0 Å². The molecule has 2 rings (SSSR count). The third-order valence-electron chi connectivity index (χ3n) is 2.57. The highest BCUT2D eigenvalue weighted by Gasteiger charge is 2.06. The number of nitrogen functional groups attached to an aromatic ring is 1. The smallest absolute Gasteiger partial charge is 0.0752 e. The molecule has 0 bridgehead atoms. The van der Waals surface area contributed by atoms with Crippen molar-refractivity contribution in [3.05, 3.63) is 38.8 Å². The monoisotopic (exact) mass is 311 g/mol. The van der Waals surface area contributed by atoms with E-state index in [1.54, 1.807) is 23.7 Å². The minimum absolute atomic E-state index is 0.661. The molecule has 0 saturated carbocycles. The minimum atomic E-state index is 0.661. The zero-order chi connectivity index (χ0) is 12.3. The van der Waals surface area contributed by atoms with E-state index in [0.717, 1.165) is 23.1 Å². The first-order chi connectivity index (χ1) is 8.22. The van der Waals surface area contributed by atoms with Gasteiger partial charge in [-0.15, -0.1) is 11.3 Å². The third kappa shape index (κ3) is 2.79. The predicted molar refractivity (Wildman–Crippen MR) is 77.4 cm³/mol. The number of nitrogens with two attached hydrogens (primary N) is 1. The van der Waals surface area contributed by atoms with Gasteiger partial charge in [0.1, 0.15) is 0 Å². The van der Waals surface area contributed by atoms with Crippen LogP contribution in [-0.4, -0.2) is 4.98 Å². The Labute approximate surface area is 113 Å². The van der Waals surface area contributed by atoms with Crippen LogP contribution >= 0.6 is 27.3 Å². The molecule has 2 aromatic rings. The number of anilines is 2. The third-order valence-corrected chi connectivity index (χ3v) is 4.14. The van der Waals surface area contributed by atoms with Crippen LogP contribution in [0.25, 0.3) is 0 Å². The first kappa shape index (κ1) is 12.4. The summed E-state index contributed by atoms with van der Waals surface area (Å²) in [5.41, 5.74) is 8.85. The molecule has 5 heteroatoms. The zero-order valence-electron chi connectivity index (χ0n) is 9.53. The summed E-state index contributed by atoms with van der Waals surface area (Å²) in [6.45, 7) is 2.97. The van der Waals surface area contributed by atoms with Gasteiger partial charge in [-0.05, 0) is 39.4 Å². The zero-order valence-corrected chi connectivity index (χ0v) is 11.9. The normalized spacial score (nSPS) is 10.5. The molecule has 3 N–H and O–H groups in total. The summed E-state index contributed by atoms with van der Waals surface area (Å²) in [5.74, 6) is 0. The van der Waals surface area contributed by atoms with Crippen LogP contribution in [0.4, 0.5) is 11.4 Å². The Morgan fingerprint density at radius 2 is 2.29 bits per heavy atom. The van der Waals surface area contributed by atoms with E-state index in [1.807, 2.05) is 0 Å². The molecule has 2 heterocycles. The lowest BCUT2D eigenvalue weighted by atomic mass is 10.2. The number of nitrogens with one attached hydrogen (secondary N) is 1. The second kappa shape index (κ2) is 5.51. The fourth-order valence-electron chi connectivity index (χ4n) is 1.64. The van der Waals surface area contributed by atoms with Gasteiger partial charge in [0, 0.05) is 17.6 Å². The first-order valence-electron chi connectivity index (χ1n) is 5.40. The maximum atomic E-state index is 5.88. The van der Waals surface area contributed by atoms with Crippen molar-refractivity contribution in [2.45, 2.75) is 19.9 Å². The molecule has 0 unspecified atom stereocenters.